The molecular weight excluding hydrogens is 476 g/mol. The van der Waals surface area contributed by atoms with Gasteiger partial charge in [-0.15, -0.1) is 0 Å². The number of hydrogen-bond donors (Lipinski definition) is 1. The largest absolute Gasteiger partial charge is 0.497 e. The number of rotatable bonds is 7. The van der Waals surface area contributed by atoms with E-state index in [1.165, 1.54) is 5.56 Å². The van der Waals surface area contributed by atoms with Gasteiger partial charge in [0.25, 0.3) is 0 Å². The molecule has 2 saturated heterocycles. The molecule has 1 spiro atoms. The predicted molar refractivity (Wildman–Crippen MR) is 152 cm³/mol. The lowest BCUT2D eigenvalue weighted by Gasteiger charge is -2.44. The van der Waals surface area contributed by atoms with E-state index in [1.807, 2.05) is 29.2 Å². The lowest BCUT2D eigenvalue weighted by Crippen LogP contribution is -2.53. The summed E-state index contributed by atoms with van der Waals surface area (Å²) >= 11 is 0. The number of nitrogens with zero attached hydrogens (tertiary/aromatic N) is 3. The van der Waals surface area contributed by atoms with Crippen LogP contribution in [-0.2, 0) is 19.5 Å². The fourth-order valence-corrected chi connectivity index (χ4v) is 6.53. The zero-order valence-corrected chi connectivity index (χ0v) is 22.7. The van der Waals surface area contributed by atoms with Crippen molar-refractivity contribution in [3.05, 3.63) is 82.7 Å². The third-order valence-electron chi connectivity index (χ3n) is 8.41. The van der Waals surface area contributed by atoms with Crippen LogP contribution in [0.2, 0.25) is 0 Å². The summed E-state index contributed by atoms with van der Waals surface area (Å²) in [4.78, 5) is 20.4. The number of ether oxygens (including phenoxy) is 2. The van der Waals surface area contributed by atoms with E-state index in [1.54, 1.807) is 20.4 Å². The summed E-state index contributed by atoms with van der Waals surface area (Å²) in [6.45, 7) is 9.92. The smallest absolute Gasteiger partial charge is 0.325 e. The molecule has 0 aromatic heterocycles. The van der Waals surface area contributed by atoms with Gasteiger partial charge in [-0.3, -0.25) is 9.80 Å². The Bertz CT molecular complexity index is 1290. The van der Waals surface area contributed by atoms with Crippen LogP contribution in [0.4, 0.5) is 4.79 Å². The number of hydrogen-bond acceptors (Lipinski definition) is 5. The van der Waals surface area contributed by atoms with Gasteiger partial charge < -0.3 is 20.1 Å². The number of methoxy groups -OCH3 is 2. The van der Waals surface area contributed by atoms with E-state index in [9.17, 15) is 4.79 Å². The number of carbonyl (C=O) groups excluding carboxylic acids is 1. The summed E-state index contributed by atoms with van der Waals surface area (Å²) in [7, 11) is 3.35. The monoisotopic (exact) mass is 514 g/mol. The van der Waals surface area contributed by atoms with E-state index in [0.717, 1.165) is 78.3 Å². The average molecular weight is 515 g/mol. The number of likely N-dealkylation sites (tertiary alicyclic amines) is 1. The maximum atomic E-state index is 13.8. The Labute approximate surface area is 225 Å². The molecule has 200 valence electrons. The molecule has 7 heteroatoms. The number of carbonyl (C=O) groups is 1. The first kappa shape index (κ1) is 25.9. The highest BCUT2D eigenvalue weighted by atomic mass is 16.5. The van der Waals surface area contributed by atoms with Gasteiger partial charge in [0, 0.05) is 43.5 Å². The van der Waals surface area contributed by atoms with Gasteiger partial charge in [-0.25, -0.2) is 4.79 Å². The summed E-state index contributed by atoms with van der Waals surface area (Å²) in [5, 5.41) is 0. The van der Waals surface area contributed by atoms with E-state index < -0.39 is 0 Å². The lowest BCUT2D eigenvalue weighted by molar-refractivity contribution is 0.0888. The number of benzene rings is 2. The molecule has 0 saturated carbocycles. The molecule has 0 aliphatic carbocycles. The van der Waals surface area contributed by atoms with Crippen molar-refractivity contribution >= 4 is 18.2 Å². The van der Waals surface area contributed by atoms with Crippen molar-refractivity contribution in [2.45, 2.75) is 44.8 Å². The van der Waals surface area contributed by atoms with E-state index >= 15 is 0 Å². The second-order valence-electron chi connectivity index (χ2n) is 10.2. The Morgan fingerprint density at radius 2 is 1.95 bits per heavy atom. The van der Waals surface area contributed by atoms with Gasteiger partial charge in [0.05, 0.1) is 26.3 Å². The molecule has 7 nitrogen and oxygen atoms in total. The third-order valence-corrected chi connectivity index (χ3v) is 8.41. The Balaban J connectivity index is 1.42. The van der Waals surface area contributed by atoms with Crippen LogP contribution >= 0.6 is 0 Å². The van der Waals surface area contributed by atoms with Crippen molar-refractivity contribution in [1.29, 1.82) is 0 Å². The van der Waals surface area contributed by atoms with E-state index in [-0.39, 0.29) is 11.6 Å². The molecule has 0 bridgehead atoms. The topological polar surface area (TPSA) is 71.3 Å². The van der Waals surface area contributed by atoms with Gasteiger partial charge in [-0.2, -0.15) is 0 Å². The standard InChI is InChI=1S/C31H38N4O3/c1-5-22-8-7-9-23(26(22)12-15-32)20-33-16-13-31(14-17-33)29-11-10-27-24(18-25(37-3)19-28(27)38-4)21-34(29)30(36)35(31)6-2/h5,7-9,11-12,15,18-19H,1,6,10,13-14,16-17,20-21,32H2,2-4H3/b15-12-. The van der Waals surface area contributed by atoms with Crippen molar-refractivity contribution in [2.24, 2.45) is 5.73 Å². The zero-order chi connectivity index (χ0) is 26.9. The molecule has 0 unspecified atom stereocenters. The Kier molecular flexibility index (Phi) is 7.21. The molecule has 2 N–H and O–H groups in total. The van der Waals surface area contributed by atoms with Crippen molar-refractivity contribution in [2.75, 3.05) is 33.9 Å². The van der Waals surface area contributed by atoms with Crippen LogP contribution < -0.4 is 15.2 Å². The highest BCUT2D eigenvalue weighted by molar-refractivity contribution is 5.83. The normalized spacial score (nSPS) is 18.8. The minimum Gasteiger partial charge on any atom is -0.497 e. The van der Waals surface area contributed by atoms with E-state index in [0.29, 0.717) is 13.1 Å². The van der Waals surface area contributed by atoms with Crippen molar-refractivity contribution < 1.29 is 14.3 Å². The quantitative estimate of drug-likeness (QED) is 0.563. The van der Waals surface area contributed by atoms with E-state index in [2.05, 4.69) is 47.6 Å². The number of amides is 2. The number of urea groups is 1. The first-order valence-electron chi connectivity index (χ1n) is 13.4. The number of fused-ring (bicyclic) bond motifs is 3. The van der Waals surface area contributed by atoms with Gasteiger partial charge in [0.2, 0.25) is 0 Å². The predicted octanol–water partition coefficient (Wildman–Crippen LogP) is 5.01. The number of nitrogens with two attached hydrogens (primary N) is 1. The van der Waals surface area contributed by atoms with Gasteiger partial charge in [0.15, 0.2) is 0 Å². The van der Waals surface area contributed by atoms with Crippen LogP contribution in [0, 0.1) is 0 Å². The van der Waals surface area contributed by atoms with Crippen LogP contribution in [-0.4, -0.2) is 60.1 Å². The third kappa shape index (κ3) is 4.25. The molecule has 5 rings (SSSR count). The van der Waals surface area contributed by atoms with Gasteiger partial charge >= 0.3 is 6.03 Å². The highest BCUT2D eigenvalue weighted by Gasteiger charge is 2.54. The minimum atomic E-state index is -0.287. The number of likely N-dealkylation sites (N-methyl/N-ethyl adjacent to an activating group) is 1. The summed E-state index contributed by atoms with van der Waals surface area (Å²) in [6.07, 6.45) is 10.2. The molecule has 2 aromatic rings. The fourth-order valence-electron chi connectivity index (χ4n) is 6.53. The first-order valence-corrected chi connectivity index (χ1v) is 13.4. The van der Waals surface area contributed by atoms with Crippen LogP contribution in [0.3, 0.4) is 0 Å². The first-order chi connectivity index (χ1) is 18.5. The van der Waals surface area contributed by atoms with Crippen molar-refractivity contribution in [3.8, 4) is 11.5 Å². The second-order valence-corrected chi connectivity index (χ2v) is 10.2. The Morgan fingerprint density at radius 3 is 2.61 bits per heavy atom. The molecule has 2 amide bonds. The van der Waals surface area contributed by atoms with Gasteiger partial charge in [-0.05, 0) is 66.8 Å². The fraction of sp³-hybridized carbons (Fsp3) is 0.387. The maximum absolute atomic E-state index is 13.8. The molecule has 0 radical (unpaired) electrons. The Hall–Kier alpha value is -3.71. The van der Waals surface area contributed by atoms with Crippen molar-refractivity contribution in [3.63, 3.8) is 0 Å². The van der Waals surface area contributed by atoms with Gasteiger partial charge in [-0.1, -0.05) is 36.9 Å². The number of piperidine rings is 1. The lowest BCUT2D eigenvalue weighted by atomic mass is 9.82. The molecule has 0 atom stereocenters. The van der Waals surface area contributed by atoms with Crippen molar-refractivity contribution in [1.82, 2.24) is 14.7 Å². The summed E-state index contributed by atoms with van der Waals surface area (Å²) in [5.41, 5.74) is 12.3. The highest BCUT2D eigenvalue weighted by Crippen LogP contribution is 2.47. The van der Waals surface area contributed by atoms with Crippen LogP contribution in [0.25, 0.3) is 12.2 Å². The van der Waals surface area contributed by atoms with Crippen LogP contribution in [0.15, 0.2) is 54.9 Å². The summed E-state index contributed by atoms with van der Waals surface area (Å²) in [6, 6.07) is 10.4. The molecule has 3 heterocycles. The minimum absolute atomic E-state index is 0.0934. The zero-order valence-electron chi connectivity index (χ0n) is 22.7. The second kappa shape index (κ2) is 10.6. The molecule has 2 aromatic carbocycles. The molecular formula is C31H38N4O3. The van der Waals surface area contributed by atoms with Crippen LogP contribution in [0.5, 0.6) is 11.5 Å². The molecule has 38 heavy (non-hydrogen) atoms. The summed E-state index contributed by atoms with van der Waals surface area (Å²) < 4.78 is 11.2. The molecule has 3 aliphatic heterocycles. The maximum Gasteiger partial charge on any atom is 0.325 e. The van der Waals surface area contributed by atoms with E-state index in [4.69, 9.17) is 15.2 Å². The molecule has 2 fully saturated rings. The summed E-state index contributed by atoms with van der Waals surface area (Å²) in [5.74, 6) is 1.56. The SMILES string of the molecule is C=Cc1cccc(CN2CCC3(CC2)C2=CCc4c(cc(OC)cc4OC)CN2C(=O)N3CC)c1/C=C\N. The average Bonchev–Trinajstić information content (AvgIpc) is 3.05. The molecule has 3 aliphatic rings. The van der Waals surface area contributed by atoms with Crippen LogP contribution in [0.1, 0.15) is 47.6 Å². The van der Waals surface area contributed by atoms with Gasteiger partial charge in [0.1, 0.15) is 11.5 Å². The Morgan fingerprint density at radius 1 is 1.16 bits per heavy atom. The number of allylic oxidation sites excluding steroid dienone is 1.